The van der Waals surface area contributed by atoms with Crippen molar-refractivity contribution in [2.45, 2.75) is 6.42 Å². The Morgan fingerprint density at radius 2 is 2.00 bits per heavy atom. The van der Waals surface area contributed by atoms with Gasteiger partial charge in [0, 0.05) is 53.3 Å². The number of carbonyl (C=O) groups is 1. The second-order valence-corrected chi connectivity index (χ2v) is 6.91. The highest BCUT2D eigenvalue weighted by atomic mass is 32.1. The van der Waals surface area contributed by atoms with Crippen molar-refractivity contribution in [1.82, 2.24) is 4.98 Å². The first-order chi connectivity index (χ1) is 11.6. The topological polar surface area (TPSA) is 59.2 Å². The summed E-state index contributed by atoms with van der Waals surface area (Å²) in [5.74, 6) is 0.513. The van der Waals surface area contributed by atoms with E-state index in [-0.39, 0.29) is 0 Å². The molecule has 0 fully saturated rings. The van der Waals surface area contributed by atoms with Crippen molar-refractivity contribution in [1.29, 1.82) is 0 Å². The van der Waals surface area contributed by atoms with Gasteiger partial charge in [-0.3, -0.25) is 0 Å². The molecular weight excluding hydrogens is 318 g/mol. The molecule has 0 amide bonds. The SMILES string of the molecule is CN(C)c1cccc(-c2cc(-c3ccc(CC=O)s3)cnc2N)c1. The van der Waals surface area contributed by atoms with Gasteiger partial charge in [0.15, 0.2) is 0 Å². The highest BCUT2D eigenvalue weighted by molar-refractivity contribution is 7.15. The van der Waals surface area contributed by atoms with Crippen LogP contribution in [0.4, 0.5) is 11.5 Å². The van der Waals surface area contributed by atoms with Crippen LogP contribution in [0.1, 0.15) is 4.88 Å². The lowest BCUT2D eigenvalue weighted by Crippen LogP contribution is -2.08. The summed E-state index contributed by atoms with van der Waals surface area (Å²) in [5, 5.41) is 0. The first kappa shape index (κ1) is 16.2. The maximum atomic E-state index is 10.7. The van der Waals surface area contributed by atoms with Gasteiger partial charge in [0.25, 0.3) is 0 Å². The van der Waals surface area contributed by atoms with E-state index in [1.54, 1.807) is 17.5 Å². The average molecular weight is 337 g/mol. The molecule has 5 heteroatoms. The number of rotatable bonds is 5. The number of benzene rings is 1. The Balaban J connectivity index is 2.02. The van der Waals surface area contributed by atoms with Crippen LogP contribution in [0, 0.1) is 0 Å². The Hall–Kier alpha value is -2.66. The van der Waals surface area contributed by atoms with E-state index in [4.69, 9.17) is 5.73 Å². The molecule has 122 valence electrons. The normalized spacial score (nSPS) is 10.6. The number of carbonyl (C=O) groups excluding carboxylic acids is 1. The van der Waals surface area contributed by atoms with Crippen LogP contribution in [-0.2, 0) is 11.2 Å². The summed E-state index contributed by atoms with van der Waals surface area (Å²) >= 11 is 1.61. The molecule has 4 nitrogen and oxygen atoms in total. The van der Waals surface area contributed by atoms with E-state index in [1.807, 2.05) is 38.4 Å². The van der Waals surface area contributed by atoms with Crippen molar-refractivity contribution in [3.05, 3.63) is 53.5 Å². The van der Waals surface area contributed by atoms with Gasteiger partial charge < -0.3 is 15.4 Å². The number of hydrogen-bond donors (Lipinski definition) is 1. The Kier molecular flexibility index (Phi) is 4.62. The van der Waals surface area contributed by atoms with Crippen LogP contribution in [0.15, 0.2) is 48.7 Å². The second-order valence-electron chi connectivity index (χ2n) is 5.74. The highest BCUT2D eigenvalue weighted by Crippen LogP contribution is 2.34. The Bertz CT molecular complexity index is 871. The Labute approximate surface area is 145 Å². The van der Waals surface area contributed by atoms with Gasteiger partial charge in [-0.1, -0.05) is 12.1 Å². The molecule has 0 radical (unpaired) electrons. The van der Waals surface area contributed by atoms with E-state index >= 15 is 0 Å². The number of thiophene rings is 1. The van der Waals surface area contributed by atoms with E-state index in [0.29, 0.717) is 12.2 Å². The molecule has 0 unspecified atom stereocenters. The molecule has 0 aliphatic carbocycles. The summed E-state index contributed by atoms with van der Waals surface area (Å²) in [6, 6.07) is 14.3. The zero-order valence-corrected chi connectivity index (χ0v) is 14.5. The number of aromatic nitrogens is 1. The van der Waals surface area contributed by atoms with Crippen molar-refractivity contribution in [3.63, 3.8) is 0 Å². The van der Waals surface area contributed by atoms with Crippen LogP contribution >= 0.6 is 11.3 Å². The number of hydrogen-bond acceptors (Lipinski definition) is 5. The molecule has 3 rings (SSSR count). The quantitative estimate of drug-likeness (QED) is 0.718. The zero-order chi connectivity index (χ0) is 17.1. The third-order valence-electron chi connectivity index (χ3n) is 3.82. The van der Waals surface area contributed by atoms with Crippen molar-refractivity contribution in [2.75, 3.05) is 24.7 Å². The third-order valence-corrected chi connectivity index (χ3v) is 4.98. The van der Waals surface area contributed by atoms with Crippen molar-refractivity contribution in [2.24, 2.45) is 0 Å². The molecular formula is C19H19N3OS. The monoisotopic (exact) mass is 337 g/mol. The first-order valence-electron chi connectivity index (χ1n) is 7.64. The number of aldehydes is 1. The van der Waals surface area contributed by atoms with Gasteiger partial charge in [-0.05, 0) is 35.9 Å². The average Bonchev–Trinajstić information content (AvgIpc) is 3.04. The van der Waals surface area contributed by atoms with Gasteiger partial charge in [0.2, 0.25) is 0 Å². The van der Waals surface area contributed by atoms with Crippen LogP contribution in [0.25, 0.3) is 21.6 Å². The number of nitrogens with zero attached hydrogens (tertiary/aromatic N) is 2. The molecule has 0 atom stereocenters. The predicted molar refractivity (Wildman–Crippen MR) is 101 cm³/mol. The van der Waals surface area contributed by atoms with Crippen LogP contribution in [0.2, 0.25) is 0 Å². The minimum absolute atomic E-state index is 0.449. The van der Waals surface area contributed by atoms with Crippen molar-refractivity contribution < 1.29 is 4.79 Å². The van der Waals surface area contributed by atoms with E-state index in [2.05, 4.69) is 28.1 Å². The fourth-order valence-electron chi connectivity index (χ4n) is 2.52. The largest absolute Gasteiger partial charge is 0.383 e. The van der Waals surface area contributed by atoms with Gasteiger partial charge >= 0.3 is 0 Å². The molecule has 24 heavy (non-hydrogen) atoms. The molecule has 0 spiro atoms. The zero-order valence-electron chi connectivity index (χ0n) is 13.7. The molecule has 3 aromatic rings. The van der Waals surface area contributed by atoms with Crippen LogP contribution in [0.3, 0.4) is 0 Å². The van der Waals surface area contributed by atoms with E-state index in [9.17, 15) is 4.79 Å². The molecule has 0 aliphatic heterocycles. The van der Waals surface area contributed by atoms with Crippen LogP contribution in [0.5, 0.6) is 0 Å². The lowest BCUT2D eigenvalue weighted by Gasteiger charge is -2.14. The van der Waals surface area contributed by atoms with Crippen LogP contribution in [-0.4, -0.2) is 25.4 Å². The van der Waals surface area contributed by atoms with Crippen molar-refractivity contribution >= 4 is 29.1 Å². The van der Waals surface area contributed by atoms with Gasteiger partial charge in [-0.15, -0.1) is 11.3 Å². The molecule has 0 bridgehead atoms. The maximum absolute atomic E-state index is 10.7. The van der Waals surface area contributed by atoms with Crippen molar-refractivity contribution in [3.8, 4) is 21.6 Å². The fourth-order valence-corrected chi connectivity index (χ4v) is 3.45. The molecule has 0 saturated carbocycles. The first-order valence-corrected chi connectivity index (χ1v) is 8.46. The van der Waals surface area contributed by atoms with E-state index in [1.165, 1.54) is 0 Å². The molecule has 1 aromatic carbocycles. The summed E-state index contributed by atoms with van der Waals surface area (Å²) in [7, 11) is 4.02. The molecule has 2 N–H and O–H groups in total. The minimum atomic E-state index is 0.449. The predicted octanol–water partition coefficient (Wildman–Crippen LogP) is 3.87. The molecule has 2 heterocycles. The number of nitrogens with two attached hydrogens (primary N) is 1. The number of pyridine rings is 1. The standard InChI is InChI=1S/C19H19N3OS/c1-22(2)15-5-3-4-13(10-15)17-11-14(12-21-19(17)20)18-7-6-16(24-18)8-9-23/h3-7,9-12H,8H2,1-2H3,(H2,20,21). The third kappa shape index (κ3) is 3.31. The second kappa shape index (κ2) is 6.84. The van der Waals surface area contributed by atoms with E-state index < -0.39 is 0 Å². The fraction of sp³-hybridized carbons (Fsp3) is 0.158. The minimum Gasteiger partial charge on any atom is -0.383 e. The summed E-state index contributed by atoms with van der Waals surface area (Å²) < 4.78 is 0. The summed E-state index contributed by atoms with van der Waals surface area (Å²) in [5.41, 5.74) is 10.2. The van der Waals surface area contributed by atoms with Gasteiger partial charge in [-0.2, -0.15) is 0 Å². The lowest BCUT2D eigenvalue weighted by atomic mass is 10.0. The van der Waals surface area contributed by atoms with Gasteiger partial charge in [0.1, 0.15) is 12.1 Å². The lowest BCUT2D eigenvalue weighted by molar-refractivity contribution is -0.107. The Morgan fingerprint density at radius 1 is 1.17 bits per heavy atom. The molecule has 0 saturated heterocycles. The highest BCUT2D eigenvalue weighted by Gasteiger charge is 2.10. The summed E-state index contributed by atoms with van der Waals surface area (Å²) in [4.78, 5) is 19.2. The summed E-state index contributed by atoms with van der Waals surface area (Å²) in [6.45, 7) is 0. The number of nitrogen functional groups attached to an aromatic ring is 1. The van der Waals surface area contributed by atoms with Gasteiger partial charge in [0.05, 0.1) is 0 Å². The number of anilines is 2. The molecule has 2 aromatic heterocycles. The smallest absolute Gasteiger partial charge is 0.131 e. The maximum Gasteiger partial charge on any atom is 0.131 e. The van der Waals surface area contributed by atoms with Gasteiger partial charge in [-0.25, -0.2) is 4.98 Å². The summed E-state index contributed by atoms with van der Waals surface area (Å²) in [6.07, 6.45) is 3.16. The van der Waals surface area contributed by atoms with Crippen LogP contribution < -0.4 is 10.6 Å². The Morgan fingerprint density at radius 3 is 2.75 bits per heavy atom. The van der Waals surface area contributed by atoms with E-state index in [0.717, 1.165) is 38.4 Å². The molecule has 0 aliphatic rings.